The monoisotopic (exact) mass is 307 g/mol. The van der Waals surface area contributed by atoms with Crippen LogP contribution in [0, 0.1) is 10.1 Å². The van der Waals surface area contributed by atoms with Crippen molar-refractivity contribution >= 4 is 34.7 Å². The molecule has 0 atom stereocenters. The van der Waals surface area contributed by atoms with Crippen LogP contribution in [0.3, 0.4) is 0 Å². The van der Waals surface area contributed by atoms with E-state index in [0.717, 1.165) is 0 Å². The number of nitrogens with zero attached hydrogens (tertiary/aromatic N) is 2. The number of nitro groups is 1. The second-order valence-corrected chi connectivity index (χ2v) is 4.39. The predicted molar refractivity (Wildman–Crippen MR) is 78.1 cm³/mol. The van der Waals surface area contributed by atoms with Gasteiger partial charge in [-0.15, -0.1) is 0 Å². The molecule has 108 valence electrons. The average Bonchev–Trinajstić information content (AvgIpc) is 2.48. The van der Waals surface area contributed by atoms with Crippen LogP contribution < -0.4 is 16.6 Å². The Morgan fingerprint density at radius 2 is 2.10 bits per heavy atom. The van der Waals surface area contributed by atoms with E-state index in [4.69, 9.17) is 17.4 Å². The number of pyridine rings is 1. The summed E-state index contributed by atoms with van der Waals surface area (Å²) in [7, 11) is 0. The number of amides is 1. The number of nitrogens with one attached hydrogen (secondary N) is 2. The van der Waals surface area contributed by atoms with Gasteiger partial charge in [-0.25, -0.2) is 4.98 Å². The highest BCUT2D eigenvalue weighted by molar-refractivity contribution is 6.30. The summed E-state index contributed by atoms with van der Waals surface area (Å²) in [4.78, 5) is 26.1. The zero-order valence-corrected chi connectivity index (χ0v) is 11.3. The van der Waals surface area contributed by atoms with E-state index in [1.807, 2.05) is 0 Å². The molecular formula is C12H10ClN5O3. The number of halogens is 1. The van der Waals surface area contributed by atoms with Gasteiger partial charge in [-0.1, -0.05) is 11.6 Å². The smallest absolute Gasteiger partial charge is 0.293 e. The van der Waals surface area contributed by atoms with Crippen molar-refractivity contribution in [2.75, 3.05) is 10.7 Å². The lowest BCUT2D eigenvalue weighted by Gasteiger charge is -2.07. The Bertz CT molecular complexity index is 690. The number of carbonyl (C=O) groups excluding carboxylic acids is 1. The van der Waals surface area contributed by atoms with Gasteiger partial charge in [-0.3, -0.25) is 20.8 Å². The summed E-state index contributed by atoms with van der Waals surface area (Å²) in [6.45, 7) is 0. The van der Waals surface area contributed by atoms with Gasteiger partial charge >= 0.3 is 0 Å². The third kappa shape index (κ3) is 3.44. The average molecular weight is 308 g/mol. The molecule has 4 N–H and O–H groups in total. The van der Waals surface area contributed by atoms with Crippen molar-refractivity contribution < 1.29 is 9.72 Å². The lowest BCUT2D eigenvalue weighted by Crippen LogP contribution is -2.15. The molecule has 1 aromatic carbocycles. The topological polar surface area (TPSA) is 123 Å². The zero-order valence-electron chi connectivity index (χ0n) is 10.5. The van der Waals surface area contributed by atoms with E-state index < -0.39 is 10.8 Å². The van der Waals surface area contributed by atoms with Crippen LogP contribution in [-0.2, 0) is 0 Å². The molecule has 0 aliphatic heterocycles. The van der Waals surface area contributed by atoms with Crippen molar-refractivity contribution in [3.63, 3.8) is 0 Å². The highest BCUT2D eigenvalue weighted by Crippen LogP contribution is 2.24. The molecule has 0 fully saturated rings. The first-order chi connectivity index (χ1) is 10.0. The maximum absolute atomic E-state index is 12.0. The van der Waals surface area contributed by atoms with E-state index in [1.54, 1.807) is 6.07 Å². The largest absolute Gasteiger partial charge is 0.318 e. The Hall–Kier alpha value is -2.71. The molecule has 9 heteroatoms. The molecular weight excluding hydrogens is 298 g/mol. The van der Waals surface area contributed by atoms with E-state index in [-0.39, 0.29) is 16.9 Å². The summed E-state index contributed by atoms with van der Waals surface area (Å²) in [5, 5.41) is 13.8. The van der Waals surface area contributed by atoms with E-state index in [9.17, 15) is 14.9 Å². The normalized spacial score (nSPS) is 10.0. The van der Waals surface area contributed by atoms with Crippen LogP contribution in [0.2, 0.25) is 5.02 Å². The Morgan fingerprint density at radius 3 is 2.67 bits per heavy atom. The molecule has 0 saturated carbocycles. The number of nitro benzene ring substituents is 1. The standard InChI is InChI=1S/C12H10ClN5O3/c13-8-2-4-11(15-6-8)16-12(19)7-1-3-10(18(20)21)9(5-7)17-14/h1-6,17H,14H2,(H,15,16,19). The molecule has 0 aliphatic carbocycles. The Balaban J connectivity index is 2.23. The zero-order chi connectivity index (χ0) is 15.4. The van der Waals surface area contributed by atoms with Crippen molar-refractivity contribution in [3.05, 3.63) is 57.2 Å². The molecule has 0 radical (unpaired) electrons. The quantitative estimate of drug-likeness (QED) is 0.452. The molecule has 0 aliphatic rings. The van der Waals surface area contributed by atoms with E-state index in [0.29, 0.717) is 10.8 Å². The Labute approximate surface area is 124 Å². The summed E-state index contributed by atoms with van der Waals surface area (Å²) in [6.07, 6.45) is 1.39. The van der Waals surface area contributed by atoms with Crippen LogP contribution in [0.15, 0.2) is 36.5 Å². The second-order valence-electron chi connectivity index (χ2n) is 3.95. The van der Waals surface area contributed by atoms with E-state index in [2.05, 4.69) is 15.7 Å². The fourth-order valence-electron chi connectivity index (χ4n) is 1.59. The van der Waals surface area contributed by atoms with Gasteiger partial charge in [0, 0.05) is 17.8 Å². The van der Waals surface area contributed by atoms with E-state index >= 15 is 0 Å². The third-order valence-electron chi connectivity index (χ3n) is 2.58. The number of aromatic nitrogens is 1. The Morgan fingerprint density at radius 1 is 1.33 bits per heavy atom. The lowest BCUT2D eigenvalue weighted by atomic mass is 10.1. The first-order valence-corrected chi connectivity index (χ1v) is 6.07. The minimum Gasteiger partial charge on any atom is -0.318 e. The van der Waals surface area contributed by atoms with Crippen molar-refractivity contribution in [1.29, 1.82) is 0 Å². The molecule has 2 rings (SSSR count). The number of nitrogens with two attached hydrogens (primary N) is 1. The summed E-state index contributed by atoms with van der Waals surface area (Å²) >= 11 is 5.69. The van der Waals surface area contributed by atoms with Gasteiger partial charge < -0.3 is 10.7 Å². The number of carbonyl (C=O) groups is 1. The highest BCUT2D eigenvalue weighted by atomic mass is 35.5. The first kappa shape index (κ1) is 14.7. The molecule has 21 heavy (non-hydrogen) atoms. The number of benzene rings is 1. The number of hydrogen-bond donors (Lipinski definition) is 3. The fourth-order valence-corrected chi connectivity index (χ4v) is 1.70. The Kier molecular flexibility index (Phi) is 4.31. The molecule has 0 bridgehead atoms. The lowest BCUT2D eigenvalue weighted by molar-refractivity contribution is -0.384. The van der Waals surface area contributed by atoms with Gasteiger partial charge in [0.05, 0.1) is 9.95 Å². The highest BCUT2D eigenvalue weighted by Gasteiger charge is 2.16. The van der Waals surface area contributed by atoms with Crippen LogP contribution in [0.1, 0.15) is 10.4 Å². The van der Waals surface area contributed by atoms with Gasteiger partial charge in [0.1, 0.15) is 11.5 Å². The number of rotatable bonds is 4. The van der Waals surface area contributed by atoms with Crippen LogP contribution in [0.5, 0.6) is 0 Å². The molecule has 8 nitrogen and oxygen atoms in total. The van der Waals surface area contributed by atoms with Gasteiger partial charge in [0.2, 0.25) is 0 Å². The third-order valence-corrected chi connectivity index (χ3v) is 2.80. The van der Waals surface area contributed by atoms with Gasteiger partial charge in [0.25, 0.3) is 11.6 Å². The molecule has 1 heterocycles. The van der Waals surface area contributed by atoms with Crippen LogP contribution in [0.4, 0.5) is 17.2 Å². The molecule has 0 unspecified atom stereocenters. The van der Waals surface area contributed by atoms with E-state index in [1.165, 1.54) is 30.5 Å². The summed E-state index contributed by atoms with van der Waals surface area (Å²) in [5.41, 5.74) is 2.20. The first-order valence-electron chi connectivity index (χ1n) is 5.69. The van der Waals surface area contributed by atoms with Crippen molar-refractivity contribution in [3.8, 4) is 0 Å². The minimum absolute atomic E-state index is 0.0386. The SMILES string of the molecule is NNc1cc(C(=O)Nc2ccc(Cl)cn2)ccc1[N+](=O)[O-]. The molecule has 0 saturated heterocycles. The number of hydrogen-bond acceptors (Lipinski definition) is 6. The maximum atomic E-state index is 12.0. The molecule has 1 aromatic heterocycles. The van der Waals surface area contributed by atoms with Crippen molar-refractivity contribution in [1.82, 2.24) is 4.98 Å². The number of anilines is 2. The van der Waals surface area contributed by atoms with Crippen LogP contribution in [0.25, 0.3) is 0 Å². The van der Waals surface area contributed by atoms with Gasteiger partial charge in [-0.05, 0) is 24.3 Å². The van der Waals surface area contributed by atoms with Crippen LogP contribution >= 0.6 is 11.6 Å². The van der Waals surface area contributed by atoms with Gasteiger partial charge in [0.15, 0.2) is 0 Å². The summed E-state index contributed by atoms with van der Waals surface area (Å²) in [5.74, 6) is 5.05. The second kappa shape index (κ2) is 6.16. The van der Waals surface area contributed by atoms with Gasteiger partial charge in [-0.2, -0.15) is 0 Å². The minimum atomic E-state index is -0.600. The summed E-state index contributed by atoms with van der Waals surface area (Å²) in [6, 6.07) is 6.91. The number of nitrogen functional groups attached to an aromatic ring is 1. The molecule has 1 amide bonds. The molecule has 2 aromatic rings. The molecule has 0 spiro atoms. The van der Waals surface area contributed by atoms with Crippen LogP contribution in [-0.4, -0.2) is 15.8 Å². The predicted octanol–water partition coefficient (Wildman–Crippen LogP) is 2.18. The summed E-state index contributed by atoms with van der Waals surface area (Å²) < 4.78 is 0. The van der Waals surface area contributed by atoms with Crippen molar-refractivity contribution in [2.45, 2.75) is 0 Å². The fraction of sp³-hybridized carbons (Fsp3) is 0. The maximum Gasteiger partial charge on any atom is 0.293 e. The number of hydrazine groups is 1. The van der Waals surface area contributed by atoms with Crippen molar-refractivity contribution in [2.24, 2.45) is 5.84 Å².